The van der Waals surface area contributed by atoms with Crippen LogP contribution >= 0.6 is 0 Å². The number of nitrogens with zero attached hydrogens (tertiary/aromatic N) is 1. The molecule has 6 heteroatoms. The molecule has 2 N–H and O–H groups in total. The number of hydrogen-bond acceptors (Lipinski definition) is 4. The zero-order chi connectivity index (χ0) is 10.8. The van der Waals surface area contributed by atoms with Gasteiger partial charge in [0.25, 0.3) is 0 Å². The van der Waals surface area contributed by atoms with Crippen molar-refractivity contribution in [3.05, 3.63) is 0 Å². The van der Waals surface area contributed by atoms with Gasteiger partial charge in [0.1, 0.15) is 6.54 Å². The Morgan fingerprint density at radius 3 is 2.86 bits per heavy atom. The highest BCUT2D eigenvalue weighted by Gasteiger charge is 1.99. The first-order valence-electron chi connectivity index (χ1n) is 4.40. The zero-order valence-electron chi connectivity index (χ0n) is 8.21. The van der Waals surface area contributed by atoms with Crippen molar-refractivity contribution in [2.45, 2.75) is 6.92 Å². The molecule has 0 radical (unpaired) electrons. The summed E-state index contributed by atoms with van der Waals surface area (Å²) in [6.45, 7) is 2.61. The van der Waals surface area contributed by atoms with Gasteiger partial charge in [-0.05, 0) is 0 Å². The van der Waals surface area contributed by atoms with Crippen LogP contribution in [0, 0.1) is 11.3 Å². The molecule has 1 amide bonds. The smallest absolute Gasteiger partial charge is 0.234 e. The SMILES string of the molecule is CCS(=O)CCNCC(=O)NCC#N. The van der Waals surface area contributed by atoms with E-state index < -0.39 is 10.8 Å². The molecule has 80 valence electrons. The van der Waals surface area contributed by atoms with Crippen molar-refractivity contribution < 1.29 is 9.00 Å². The summed E-state index contributed by atoms with van der Waals surface area (Å²) in [5.41, 5.74) is 0. The quantitative estimate of drug-likeness (QED) is 0.422. The van der Waals surface area contributed by atoms with E-state index in [9.17, 15) is 9.00 Å². The Kier molecular flexibility index (Phi) is 8.08. The molecular formula is C8H15N3O2S. The Hall–Kier alpha value is -0.930. The number of nitriles is 1. The zero-order valence-corrected chi connectivity index (χ0v) is 9.02. The molecule has 5 nitrogen and oxygen atoms in total. The topological polar surface area (TPSA) is 82.0 Å². The summed E-state index contributed by atoms with van der Waals surface area (Å²) in [6, 6.07) is 1.81. The van der Waals surface area contributed by atoms with Gasteiger partial charge in [0.2, 0.25) is 5.91 Å². The fourth-order valence-electron chi connectivity index (χ4n) is 0.733. The predicted octanol–water partition coefficient (Wildman–Crippen LogP) is -1.02. The molecule has 1 atom stereocenters. The molecule has 0 spiro atoms. The van der Waals surface area contributed by atoms with E-state index in [4.69, 9.17) is 5.26 Å². The molecule has 0 aliphatic carbocycles. The predicted molar refractivity (Wildman–Crippen MR) is 55.0 cm³/mol. The van der Waals surface area contributed by atoms with E-state index in [0.29, 0.717) is 18.1 Å². The Morgan fingerprint density at radius 2 is 2.29 bits per heavy atom. The molecule has 0 aromatic heterocycles. The van der Waals surface area contributed by atoms with Gasteiger partial charge >= 0.3 is 0 Å². The second-order valence-electron chi connectivity index (χ2n) is 2.54. The summed E-state index contributed by atoms with van der Waals surface area (Å²) in [6.07, 6.45) is 0. The molecule has 0 fully saturated rings. The maximum atomic E-state index is 11.0. The lowest BCUT2D eigenvalue weighted by Gasteiger charge is -2.03. The molecule has 0 aliphatic rings. The molecule has 14 heavy (non-hydrogen) atoms. The highest BCUT2D eigenvalue weighted by molar-refractivity contribution is 7.84. The monoisotopic (exact) mass is 217 g/mol. The molecule has 0 saturated heterocycles. The van der Waals surface area contributed by atoms with Crippen LogP contribution in [-0.2, 0) is 15.6 Å². The molecule has 0 aromatic rings. The van der Waals surface area contributed by atoms with E-state index in [1.165, 1.54) is 0 Å². The van der Waals surface area contributed by atoms with Gasteiger partial charge < -0.3 is 10.6 Å². The minimum Gasteiger partial charge on any atom is -0.342 e. The summed E-state index contributed by atoms with van der Waals surface area (Å²) in [4.78, 5) is 10.9. The van der Waals surface area contributed by atoms with Gasteiger partial charge in [-0.15, -0.1) is 0 Å². The molecule has 0 aromatic carbocycles. The third kappa shape index (κ3) is 7.71. The van der Waals surface area contributed by atoms with Crippen LogP contribution in [0.5, 0.6) is 0 Å². The molecular weight excluding hydrogens is 202 g/mol. The first-order chi connectivity index (χ1) is 6.70. The van der Waals surface area contributed by atoms with Gasteiger partial charge in [-0.25, -0.2) is 0 Å². The summed E-state index contributed by atoms with van der Waals surface area (Å²) >= 11 is 0. The molecule has 0 bridgehead atoms. The summed E-state index contributed by atoms with van der Waals surface area (Å²) in [5.74, 6) is 0.985. The van der Waals surface area contributed by atoms with Gasteiger partial charge in [0.15, 0.2) is 0 Å². The number of hydrogen-bond donors (Lipinski definition) is 2. The lowest BCUT2D eigenvalue weighted by Crippen LogP contribution is -2.35. The number of carbonyl (C=O) groups excluding carboxylic acids is 1. The van der Waals surface area contributed by atoms with E-state index in [1.807, 2.05) is 13.0 Å². The van der Waals surface area contributed by atoms with Gasteiger partial charge in [0, 0.05) is 28.9 Å². The van der Waals surface area contributed by atoms with Gasteiger partial charge in [0.05, 0.1) is 12.6 Å². The number of rotatable bonds is 7. The van der Waals surface area contributed by atoms with Crippen LogP contribution in [0.2, 0.25) is 0 Å². The van der Waals surface area contributed by atoms with E-state index in [2.05, 4.69) is 10.6 Å². The minimum absolute atomic E-state index is 0.0292. The summed E-state index contributed by atoms with van der Waals surface area (Å²) in [5, 5.41) is 13.4. The van der Waals surface area contributed by atoms with Crippen LogP contribution < -0.4 is 10.6 Å². The van der Waals surface area contributed by atoms with Gasteiger partial charge in [-0.3, -0.25) is 9.00 Å². The first kappa shape index (κ1) is 13.1. The second kappa shape index (κ2) is 8.66. The normalized spacial score (nSPS) is 11.7. The van der Waals surface area contributed by atoms with Crippen molar-refractivity contribution in [3.8, 4) is 6.07 Å². The molecule has 0 heterocycles. The molecule has 0 aliphatic heterocycles. The Balaban J connectivity index is 3.32. The van der Waals surface area contributed by atoms with Gasteiger partial charge in [-0.2, -0.15) is 5.26 Å². The lowest BCUT2D eigenvalue weighted by molar-refractivity contribution is -0.119. The van der Waals surface area contributed by atoms with Crippen LogP contribution in [0.15, 0.2) is 0 Å². The second-order valence-corrected chi connectivity index (χ2v) is 4.41. The maximum Gasteiger partial charge on any atom is 0.234 e. The van der Waals surface area contributed by atoms with Crippen molar-refractivity contribution in [3.63, 3.8) is 0 Å². The van der Waals surface area contributed by atoms with Crippen LogP contribution in [-0.4, -0.2) is 41.3 Å². The molecule has 1 unspecified atom stereocenters. The standard InChI is InChI=1S/C8H15N3O2S/c1-2-14(13)6-5-10-7-8(12)11-4-3-9/h10H,2,4-7H2,1H3,(H,11,12). The maximum absolute atomic E-state index is 11.0. The van der Waals surface area contributed by atoms with Crippen LogP contribution in [0.25, 0.3) is 0 Å². The van der Waals surface area contributed by atoms with E-state index in [0.717, 1.165) is 0 Å². The fourth-order valence-corrected chi connectivity index (χ4v) is 1.39. The Bertz CT molecular complexity index is 237. The third-order valence-electron chi connectivity index (χ3n) is 1.48. The van der Waals surface area contributed by atoms with Crippen LogP contribution in [0.4, 0.5) is 0 Å². The minimum atomic E-state index is -0.794. The van der Waals surface area contributed by atoms with Gasteiger partial charge in [-0.1, -0.05) is 6.92 Å². The first-order valence-corrected chi connectivity index (χ1v) is 5.88. The fraction of sp³-hybridized carbons (Fsp3) is 0.750. The largest absolute Gasteiger partial charge is 0.342 e. The molecule has 0 saturated carbocycles. The van der Waals surface area contributed by atoms with Crippen molar-refractivity contribution in [1.29, 1.82) is 5.26 Å². The summed E-state index contributed by atoms with van der Waals surface area (Å²) < 4.78 is 11.0. The average Bonchev–Trinajstić information content (AvgIpc) is 2.21. The Morgan fingerprint density at radius 1 is 1.57 bits per heavy atom. The van der Waals surface area contributed by atoms with Crippen LogP contribution in [0.3, 0.4) is 0 Å². The van der Waals surface area contributed by atoms with E-state index in [1.54, 1.807) is 0 Å². The molecule has 0 rings (SSSR count). The lowest BCUT2D eigenvalue weighted by atomic mass is 10.5. The number of nitrogens with one attached hydrogen (secondary N) is 2. The highest BCUT2D eigenvalue weighted by atomic mass is 32.2. The third-order valence-corrected chi connectivity index (χ3v) is 2.78. The Labute approximate surface area is 86.3 Å². The van der Waals surface area contributed by atoms with Crippen molar-refractivity contribution >= 4 is 16.7 Å². The summed E-state index contributed by atoms with van der Waals surface area (Å²) in [7, 11) is -0.794. The van der Waals surface area contributed by atoms with Crippen molar-refractivity contribution in [2.75, 3.05) is 31.1 Å². The number of amides is 1. The van der Waals surface area contributed by atoms with Crippen molar-refractivity contribution in [2.24, 2.45) is 0 Å². The highest BCUT2D eigenvalue weighted by Crippen LogP contribution is 1.78. The number of carbonyl (C=O) groups is 1. The van der Waals surface area contributed by atoms with Crippen LogP contribution in [0.1, 0.15) is 6.92 Å². The van der Waals surface area contributed by atoms with E-state index >= 15 is 0 Å². The van der Waals surface area contributed by atoms with E-state index in [-0.39, 0.29) is 19.0 Å². The van der Waals surface area contributed by atoms with Crippen molar-refractivity contribution in [1.82, 2.24) is 10.6 Å². The average molecular weight is 217 g/mol.